The van der Waals surface area contributed by atoms with E-state index in [0.717, 1.165) is 0 Å². The summed E-state index contributed by atoms with van der Waals surface area (Å²) in [5.74, 6) is -5.38. The molecule has 34 heavy (non-hydrogen) atoms. The van der Waals surface area contributed by atoms with Crippen LogP contribution in [0.15, 0.2) is 18.3 Å². The highest BCUT2D eigenvalue weighted by Gasteiger charge is 2.57. The van der Waals surface area contributed by atoms with Crippen LogP contribution in [-0.4, -0.2) is 85.1 Å². The number of carbonyl (C=O) groups excluding carboxylic acids is 1. The standard InChI is InChI=1S/C19H25F5N4O5S/c20-18(21,19(22,23)24)4-3-14-1-2-15(25-13-14)27-7-9-28(10-8-27)34(31,32)17(16(29)26-30)5-11-33-12-6-17/h1-2,13,30H,3-12H2,(H,26,29). The van der Waals surface area contributed by atoms with Gasteiger partial charge in [-0.15, -0.1) is 0 Å². The second-order valence-electron chi connectivity index (χ2n) is 8.17. The Morgan fingerprint density at radius 1 is 1.12 bits per heavy atom. The largest absolute Gasteiger partial charge is 0.453 e. The van der Waals surface area contributed by atoms with Crippen LogP contribution < -0.4 is 10.4 Å². The summed E-state index contributed by atoms with van der Waals surface area (Å²) in [6, 6.07) is 2.88. The van der Waals surface area contributed by atoms with Crippen LogP contribution >= 0.6 is 0 Å². The summed E-state index contributed by atoms with van der Waals surface area (Å²) in [7, 11) is -4.13. The van der Waals surface area contributed by atoms with E-state index in [1.165, 1.54) is 28.1 Å². The molecule has 0 aliphatic carbocycles. The zero-order valence-corrected chi connectivity index (χ0v) is 18.8. The monoisotopic (exact) mass is 516 g/mol. The number of ether oxygens (including phenoxy) is 1. The van der Waals surface area contributed by atoms with Crippen molar-refractivity contribution in [3.63, 3.8) is 0 Å². The van der Waals surface area contributed by atoms with Gasteiger partial charge in [-0.25, -0.2) is 18.9 Å². The normalized spacial score (nSPS) is 20.2. The van der Waals surface area contributed by atoms with Crippen molar-refractivity contribution in [2.45, 2.75) is 42.5 Å². The first-order chi connectivity index (χ1) is 15.8. The fourth-order valence-corrected chi connectivity index (χ4v) is 6.11. The van der Waals surface area contributed by atoms with E-state index in [4.69, 9.17) is 9.94 Å². The first-order valence-corrected chi connectivity index (χ1v) is 11.9. The molecule has 0 radical (unpaired) electrons. The molecule has 3 heterocycles. The number of hydrogen-bond acceptors (Lipinski definition) is 7. The summed E-state index contributed by atoms with van der Waals surface area (Å²) in [5.41, 5.74) is 1.67. The van der Waals surface area contributed by atoms with Gasteiger partial charge in [-0.3, -0.25) is 10.0 Å². The molecule has 1 aromatic rings. The number of sulfonamides is 1. The van der Waals surface area contributed by atoms with E-state index in [-0.39, 0.29) is 57.8 Å². The number of nitrogens with zero attached hydrogens (tertiary/aromatic N) is 3. The third kappa shape index (κ3) is 5.11. The molecule has 2 N–H and O–H groups in total. The number of amides is 1. The number of piperazine rings is 1. The second kappa shape index (κ2) is 9.87. The molecule has 0 spiro atoms. The number of alkyl halides is 5. The zero-order chi connectivity index (χ0) is 25.2. The van der Waals surface area contributed by atoms with Crippen LogP contribution in [0.4, 0.5) is 27.8 Å². The van der Waals surface area contributed by atoms with Crippen molar-refractivity contribution in [3.05, 3.63) is 23.9 Å². The smallest absolute Gasteiger partial charge is 0.381 e. The Balaban J connectivity index is 1.63. The Kier molecular flexibility index (Phi) is 7.70. The van der Waals surface area contributed by atoms with Crippen molar-refractivity contribution >= 4 is 21.7 Å². The molecule has 0 saturated carbocycles. The van der Waals surface area contributed by atoms with E-state index in [1.54, 1.807) is 4.90 Å². The molecule has 0 atom stereocenters. The number of aryl methyl sites for hydroxylation is 1. The topological polar surface area (TPSA) is 112 Å². The minimum absolute atomic E-state index is 0.0326. The maximum atomic E-state index is 13.3. The Morgan fingerprint density at radius 2 is 1.74 bits per heavy atom. The lowest BCUT2D eigenvalue weighted by molar-refractivity contribution is -0.284. The van der Waals surface area contributed by atoms with Gasteiger partial charge >= 0.3 is 12.1 Å². The van der Waals surface area contributed by atoms with E-state index in [1.807, 2.05) is 0 Å². The molecule has 0 bridgehead atoms. The highest BCUT2D eigenvalue weighted by molar-refractivity contribution is 7.91. The molecule has 2 aliphatic heterocycles. The molecule has 0 aromatic carbocycles. The van der Waals surface area contributed by atoms with Crippen molar-refractivity contribution in [1.82, 2.24) is 14.8 Å². The van der Waals surface area contributed by atoms with E-state index < -0.39 is 45.6 Å². The molecule has 192 valence electrons. The predicted molar refractivity (Wildman–Crippen MR) is 109 cm³/mol. The van der Waals surface area contributed by atoms with Crippen molar-refractivity contribution in [1.29, 1.82) is 0 Å². The van der Waals surface area contributed by atoms with Gasteiger partial charge < -0.3 is 9.64 Å². The third-order valence-corrected chi connectivity index (χ3v) is 8.79. The summed E-state index contributed by atoms with van der Waals surface area (Å²) in [4.78, 5) is 18.2. The van der Waals surface area contributed by atoms with Crippen LogP contribution in [0, 0.1) is 0 Å². The van der Waals surface area contributed by atoms with Crippen LogP contribution in [0.3, 0.4) is 0 Å². The summed E-state index contributed by atoms with van der Waals surface area (Å²) < 4.78 is 94.2. The summed E-state index contributed by atoms with van der Waals surface area (Å²) in [6.07, 6.45) is -6.49. The molecule has 2 aliphatic rings. The van der Waals surface area contributed by atoms with Crippen LogP contribution in [0.5, 0.6) is 0 Å². The molecular weight excluding hydrogens is 491 g/mol. The van der Waals surface area contributed by atoms with Gasteiger partial charge in [-0.1, -0.05) is 6.07 Å². The van der Waals surface area contributed by atoms with Gasteiger partial charge in [0, 0.05) is 64.9 Å². The lowest BCUT2D eigenvalue weighted by atomic mass is 9.98. The zero-order valence-electron chi connectivity index (χ0n) is 18.0. The molecule has 0 unspecified atom stereocenters. The minimum Gasteiger partial charge on any atom is -0.381 e. The Labute approximate surface area is 192 Å². The highest BCUT2D eigenvalue weighted by Crippen LogP contribution is 2.39. The molecule has 1 amide bonds. The first-order valence-electron chi connectivity index (χ1n) is 10.5. The lowest BCUT2D eigenvalue weighted by Crippen LogP contribution is -2.62. The Hall–Kier alpha value is -2.10. The van der Waals surface area contributed by atoms with Crippen LogP contribution in [0.1, 0.15) is 24.8 Å². The number of hydrogen-bond donors (Lipinski definition) is 2. The van der Waals surface area contributed by atoms with Crippen LogP contribution in [0.2, 0.25) is 0 Å². The predicted octanol–water partition coefficient (Wildman–Crippen LogP) is 1.72. The van der Waals surface area contributed by atoms with Gasteiger partial charge in [0.05, 0.1) is 0 Å². The van der Waals surface area contributed by atoms with Gasteiger partial charge in [0.15, 0.2) is 4.75 Å². The molecule has 9 nitrogen and oxygen atoms in total. The van der Waals surface area contributed by atoms with Gasteiger partial charge in [0.1, 0.15) is 5.82 Å². The average molecular weight is 516 g/mol. The number of nitrogens with one attached hydrogen (secondary N) is 1. The number of pyridine rings is 1. The van der Waals surface area contributed by atoms with Gasteiger partial charge in [-0.2, -0.15) is 26.3 Å². The Bertz CT molecular complexity index is 960. The molecule has 15 heteroatoms. The van der Waals surface area contributed by atoms with Crippen molar-refractivity contribution in [3.8, 4) is 0 Å². The van der Waals surface area contributed by atoms with Crippen LogP contribution in [-0.2, 0) is 26.0 Å². The van der Waals surface area contributed by atoms with Gasteiger partial charge in [0.2, 0.25) is 10.0 Å². The number of anilines is 1. The summed E-state index contributed by atoms with van der Waals surface area (Å²) >= 11 is 0. The average Bonchev–Trinajstić information content (AvgIpc) is 2.82. The van der Waals surface area contributed by atoms with E-state index in [9.17, 15) is 35.2 Å². The van der Waals surface area contributed by atoms with Gasteiger partial charge in [-0.05, 0) is 18.1 Å². The van der Waals surface area contributed by atoms with Crippen molar-refractivity contribution < 1.29 is 45.1 Å². The fourth-order valence-electron chi connectivity index (χ4n) is 4.00. The number of halogens is 5. The quantitative estimate of drug-likeness (QED) is 0.323. The van der Waals surface area contributed by atoms with E-state index in [2.05, 4.69) is 4.98 Å². The third-order valence-electron chi connectivity index (χ3n) is 6.16. The number of aromatic nitrogens is 1. The molecule has 3 rings (SSSR count). The first kappa shape index (κ1) is 26.5. The Morgan fingerprint density at radius 3 is 2.24 bits per heavy atom. The van der Waals surface area contributed by atoms with E-state index >= 15 is 0 Å². The number of rotatable bonds is 7. The molecule has 1 aromatic heterocycles. The SMILES string of the molecule is O=C(NO)C1(S(=O)(=O)N2CCN(c3ccc(CCC(F)(F)C(F)(F)F)cn3)CC2)CCOCC1. The highest BCUT2D eigenvalue weighted by atomic mass is 32.2. The number of carbonyl (C=O) groups is 1. The maximum absolute atomic E-state index is 13.3. The molecular formula is C19H25F5N4O5S. The molecule has 2 saturated heterocycles. The fraction of sp³-hybridized carbons (Fsp3) is 0.684. The minimum atomic E-state index is -5.61. The maximum Gasteiger partial charge on any atom is 0.453 e. The van der Waals surface area contributed by atoms with Crippen molar-refractivity contribution in [2.75, 3.05) is 44.3 Å². The number of hydroxylamine groups is 1. The lowest BCUT2D eigenvalue weighted by Gasteiger charge is -2.41. The van der Waals surface area contributed by atoms with E-state index in [0.29, 0.717) is 5.82 Å². The van der Waals surface area contributed by atoms with Crippen molar-refractivity contribution in [2.24, 2.45) is 0 Å². The molecule has 2 fully saturated rings. The summed E-state index contributed by atoms with van der Waals surface area (Å²) in [5, 5.41) is 9.11. The second-order valence-corrected chi connectivity index (χ2v) is 10.4. The summed E-state index contributed by atoms with van der Waals surface area (Å²) in [6.45, 7) is 0.599. The van der Waals surface area contributed by atoms with Gasteiger partial charge in [0.25, 0.3) is 5.91 Å². The van der Waals surface area contributed by atoms with Crippen LogP contribution in [0.25, 0.3) is 0 Å².